The Balaban J connectivity index is 1.45. The summed E-state index contributed by atoms with van der Waals surface area (Å²) in [4.78, 5) is 27.5. The van der Waals surface area contributed by atoms with Crippen LogP contribution in [0.4, 0.5) is 14.5 Å². The summed E-state index contributed by atoms with van der Waals surface area (Å²) < 4.78 is 32.6. The number of Topliss-reactive ketones (excluding diaryl/α,β-unsaturated/α-hetero) is 1. The summed E-state index contributed by atoms with van der Waals surface area (Å²) in [6.45, 7) is 4.02. The van der Waals surface area contributed by atoms with Crippen molar-refractivity contribution < 1.29 is 18.3 Å². The Morgan fingerprint density at radius 1 is 1.25 bits per heavy atom. The first kappa shape index (κ1) is 22.5. The summed E-state index contributed by atoms with van der Waals surface area (Å²) in [6.07, 6.45) is 6.34. The highest BCUT2D eigenvalue weighted by atomic mass is 19.3. The second kappa shape index (κ2) is 9.44. The number of pyridine rings is 1. The fourth-order valence-corrected chi connectivity index (χ4v) is 3.65. The molecule has 1 N–H and O–H groups in total. The SMILES string of the molecule is CC(C)CC(NCC(=O)c1ccc(N2CC(F)(F)C2)c(OCC2CC2)n1)c1ncccn1. The van der Waals surface area contributed by atoms with E-state index in [0.717, 1.165) is 19.3 Å². The third-order valence-corrected chi connectivity index (χ3v) is 5.58. The molecule has 9 heteroatoms. The van der Waals surface area contributed by atoms with Gasteiger partial charge < -0.3 is 15.0 Å². The lowest BCUT2D eigenvalue weighted by Gasteiger charge is -2.40. The van der Waals surface area contributed by atoms with Gasteiger partial charge in [0, 0.05) is 12.4 Å². The summed E-state index contributed by atoms with van der Waals surface area (Å²) in [5.74, 6) is -1.14. The molecule has 1 saturated carbocycles. The minimum atomic E-state index is -2.70. The Bertz CT molecular complexity index is 929. The van der Waals surface area contributed by atoms with Gasteiger partial charge in [-0.25, -0.2) is 23.7 Å². The predicted octanol–water partition coefficient (Wildman–Crippen LogP) is 3.68. The van der Waals surface area contributed by atoms with Gasteiger partial charge in [0.25, 0.3) is 5.92 Å². The van der Waals surface area contributed by atoms with E-state index in [-0.39, 0.29) is 43.0 Å². The van der Waals surface area contributed by atoms with Crippen LogP contribution in [0, 0.1) is 11.8 Å². The van der Waals surface area contributed by atoms with E-state index in [9.17, 15) is 13.6 Å². The molecule has 3 heterocycles. The maximum Gasteiger partial charge on any atom is 0.282 e. The number of ketones is 1. The first-order valence-electron chi connectivity index (χ1n) is 11.1. The van der Waals surface area contributed by atoms with Gasteiger partial charge in [0.1, 0.15) is 17.2 Å². The quantitative estimate of drug-likeness (QED) is 0.529. The summed E-state index contributed by atoms with van der Waals surface area (Å²) >= 11 is 0. The minimum absolute atomic E-state index is 0.0613. The molecule has 4 rings (SSSR count). The number of carbonyl (C=O) groups is 1. The molecule has 0 radical (unpaired) electrons. The number of ether oxygens (including phenoxy) is 1. The first-order chi connectivity index (χ1) is 15.3. The average molecular weight is 446 g/mol. The zero-order valence-electron chi connectivity index (χ0n) is 18.4. The van der Waals surface area contributed by atoms with Crippen molar-refractivity contribution in [3.05, 3.63) is 42.1 Å². The number of carbonyl (C=O) groups excluding carboxylic acids is 1. The van der Waals surface area contributed by atoms with Gasteiger partial charge in [0.05, 0.1) is 32.3 Å². The van der Waals surface area contributed by atoms with Gasteiger partial charge in [-0.05, 0) is 49.3 Å². The number of hydrogen-bond donors (Lipinski definition) is 1. The Morgan fingerprint density at radius 2 is 1.97 bits per heavy atom. The van der Waals surface area contributed by atoms with Crippen LogP contribution in [-0.2, 0) is 0 Å². The van der Waals surface area contributed by atoms with Crippen molar-refractivity contribution in [1.82, 2.24) is 20.3 Å². The van der Waals surface area contributed by atoms with Gasteiger partial charge in [0.15, 0.2) is 5.78 Å². The molecule has 2 fully saturated rings. The van der Waals surface area contributed by atoms with Crippen molar-refractivity contribution in [1.29, 1.82) is 0 Å². The normalized spacial score (nSPS) is 18.3. The van der Waals surface area contributed by atoms with Crippen LogP contribution in [0.25, 0.3) is 0 Å². The second-order valence-electron chi connectivity index (χ2n) is 9.08. The number of nitrogens with zero attached hydrogens (tertiary/aromatic N) is 4. The fraction of sp³-hybridized carbons (Fsp3) is 0.565. The third-order valence-electron chi connectivity index (χ3n) is 5.58. The number of aromatic nitrogens is 3. The van der Waals surface area contributed by atoms with Crippen molar-refractivity contribution >= 4 is 11.5 Å². The van der Waals surface area contributed by atoms with Crippen LogP contribution in [0.15, 0.2) is 30.6 Å². The third kappa shape index (κ3) is 5.76. The molecule has 2 aromatic heterocycles. The lowest BCUT2D eigenvalue weighted by molar-refractivity contribution is -0.0265. The van der Waals surface area contributed by atoms with E-state index in [1.807, 2.05) is 0 Å². The van der Waals surface area contributed by atoms with Crippen LogP contribution in [0.5, 0.6) is 5.88 Å². The number of alkyl halides is 2. The molecule has 1 aliphatic heterocycles. The molecule has 0 spiro atoms. The number of nitrogens with one attached hydrogen (secondary N) is 1. The number of anilines is 1. The van der Waals surface area contributed by atoms with Crippen molar-refractivity contribution in [2.24, 2.45) is 11.8 Å². The number of rotatable bonds is 11. The van der Waals surface area contributed by atoms with Gasteiger partial charge in [-0.15, -0.1) is 0 Å². The van der Waals surface area contributed by atoms with E-state index in [4.69, 9.17) is 4.74 Å². The highest BCUT2D eigenvalue weighted by Gasteiger charge is 2.45. The van der Waals surface area contributed by atoms with Crippen LogP contribution in [0.3, 0.4) is 0 Å². The topological polar surface area (TPSA) is 80.2 Å². The minimum Gasteiger partial charge on any atom is -0.476 e. The van der Waals surface area contributed by atoms with E-state index in [2.05, 4.69) is 34.1 Å². The fourth-order valence-electron chi connectivity index (χ4n) is 3.65. The van der Waals surface area contributed by atoms with E-state index in [0.29, 0.717) is 30.0 Å². The predicted molar refractivity (Wildman–Crippen MR) is 116 cm³/mol. The smallest absolute Gasteiger partial charge is 0.282 e. The molecule has 32 heavy (non-hydrogen) atoms. The van der Waals surface area contributed by atoms with Crippen LogP contribution >= 0.6 is 0 Å². The molecule has 2 aliphatic rings. The monoisotopic (exact) mass is 445 g/mol. The molecule has 1 saturated heterocycles. The van der Waals surface area contributed by atoms with Gasteiger partial charge in [-0.3, -0.25) is 4.79 Å². The summed E-state index contributed by atoms with van der Waals surface area (Å²) in [5.41, 5.74) is 0.757. The first-order valence-corrected chi connectivity index (χ1v) is 11.1. The van der Waals surface area contributed by atoms with Gasteiger partial charge in [-0.2, -0.15) is 0 Å². The van der Waals surface area contributed by atoms with Crippen LogP contribution in [0.1, 0.15) is 55.5 Å². The van der Waals surface area contributed by atoms with E-state index in [1.54, 1.807) is 30.6 Å². The van der Waals surface area contributed by atoms with Crippen LogP contribution in [0.2, 0.25) is 0 Å². The molecule has 7 nitrogen and oxygen atoms in total. The highest BCUT2D eigenvalue weighted by Crippen LogP contribution is 2.38. The van der Waals surface area contributed by atoms with Crippen molar-refractivity contribution in [2.75, 3.05) is 31.1 Å². The molecule has 0 amide bonds. The molecule has 0 bridgehead atoms. The van der Waals surface area contributed by atoms with Gasteiger partial charge >= 0.3 is 0 Å². The maximum atomic E-state index is 13.4. The summed E-state index contributed by atoms with van der Waals surface area (Å²) in [5, 5.41) is 3.25. The van der Waals surface area contributed by atoms with E-state index in [1.165, 1.54) is 4.90 Å². The lowest BCUT2D eigenvalue weighted by atomic mass is 10.0. The Hall–Kier alpha value is -2.68. The van der Waals surface area contributed by atoms with E-state index >= 15 is 0 Å². The molecule has 1 unspecified atom stereocenters. The Morgan fingerprint density at radius 3 is 2.59 bits per heavy atom. The van der Waals surface area contributed by atoms with Crippen molar-refractivity contribution in [3.63, 3.8) is 0 Å². The van der Waals surface area contributed by atoms with Crippen LogP contribution in [-0.4, -0.2) is 52.9 Å². The molecular formula is C23H29F2N5O2. The molecule has 0 aromatic carbocycles. The lowest BCUT2D eigenvalue weighted by Crippen LogP contribution is -2.56. The van der Waals surface area contributed by atoms with Gasteiger partial charge in [0.2, 0.25) is 5.88 Å². The summed E-state index contributed by atoms with van der Waals surface area (Å²) in [7, 11) is 0. The Labute approximate surface area is 186 Å². The van der Waals surface area contributed by atoms with E-state index < -0.39 is 5.92 Å². The van der Waals surface area contributed by atoms with Crippen LogP contribution < -0.4 is 15.0 Å². The zero-order chi connectivity index (χ0) is 22.7. The average Bonchev–Trinajstić information content (AvgIpc) is 3.58. The van der Waals surface area contributed by atoms with Crippen molar-refractivity contribution in [2.45, 2.75) is 45.1 Å². The zero-order valence-corrected chi connectivity index (χ0v) is 18.4. The van der Waals surface area contributed by atoms with Crippen molar-refractivity contribution in [3.8, 4) is 5.88 Å². The standard InChI is InChI=1S/C23H29F2N5O2/c1-15(2)10-18(21-26-8-3-9-27-21)28-11-20(31)17-6-7-19(30-13-23(24,25)14-30)22(29-17)32-12-16-4-5-16/h3,6-9,15-16,18,28H,4-5,10-14H2,1-2H3. The number of hydrogen-bond acceptors (Lipinski definition) is 7. The largest absolute Gasteiger partial charge is 0.476 e. The second-order valence-corrected chi connectivity index (χ2v) is 9.08. The number of halogens is 2. The summed E-state index contributed by atoms with van der Waals surface area (Å²) in [6, 6.07) is 4.83. The molecule has 1 atom stereocenters. The maximum absolute atomic E-state index is 13.4. The molecule has 1 aliphatic carbocycles. The molecule has 172 valence electrons. The van der Waals surface area contributed by atoms with Gasteiger partial charge in [-0.1, -0.05) is 13.8 Å². The highest BCUT2D eigenvalue weighted by molar-refractivity contribution is 5.96. The molecular weight excluding hydrogens is 416 g/mol. The Kier molecular flexibility index (Phi) is 6.64. The molecule has 2 aromatic rings.